The van der Waals surface area contributed by atoms with Crippen LogP contribution in [0.5, 0.6) is 0 Å². The first-order valence-corrected chi connectivity index (χ1v) is 3.76. The molecule has 0 N–H and O–H groups in total. The van der Waals surface area contributed by atoms with Crippen LogP contribution in [0, 0.1) is 18.3 Å². The number of nitrogens with zero attached hydrogens (tertiary/aromatic N) is 3. The highest BCUT2D eigenvalue weighted by Gasteiger charge is 2.21. The molecule has 0 saturated carbocycles. The highest BCUT2D eigenvalue weighted by atomic mass is 14.8. The molecule has 0 spiro atoms. The molecule has 0 aromatic carbocycles. The lowest BCUT2D eigenvalue weighted by atomic mass is 9.91. The van der Waals surface area contributed by atoms with Gasteiger partial charge in [-0.2, -0.15) is 5.26 Å². The Morgan fingerprint density at radius 1 is 1.42 bits per heavy atom. The topological polar surface area (TPSA) is 49.6 Å². The van der Waals surface area contributed by atoms with E-state index in [1.165, 1.54) is 6.33 Å². The van der Waals surface area contributed by atoms with Crippen LogP contribution in [0.25, 0.3) is 0 Å². The Labute approximate surface area is 72.1 Å². The molecule has 0 aliphatic rings. The van der Waals surface area contributed by atoms with Gasteiger partial charge in [-0.3, -0.25) is 0 Å². The maximum Gasteiger partial charge on any atom is 0.115 e. The third-order valence-corrected chi connectivity index (χ3v) is 1.72. The van der Waals surface area contributed by atoms with E-state index >= 15 is 0 Å². The van der Waals surface area contributed by atoms with E-state index in [0.717, 1.165) is 11.4 Å². The third-order valence-electron chi connectivity index (χ3n) is 1.72. The standard InChI is InChI=1S/C9H11N3/c1-7-4-8(12-6-11-7)9(2,3)5-10/h4,6H,1-3H3. The lowest BCUT2D eigenvalue weighted by molar-refractivity contribution is 0.654. The van der Waals surface area contributed by atoms with Crippen LogP contribution in [0.15, 0.2) is 12.4 Å². The van der Waals surface area contributed by atoms with Gasteiger partial charge < -0.3 is 0 Å². The van der Waals surface area contributed by atoms with Crippen molar-refractivity contribution in [2.24, 2.45) is 0 Å². The van der Waals surface area contributed by atoms with Gasteiger partial charge >= 0.3 is 0 Å². The maximum atomic E-state index is 8.83. The van der Waals surface area contributed by atoms with E-state index in [9.17, 15) is 0 Å². The van der Waals surface area contributed by atoms with E-state index < -0.39 is 5.41 Å². The van der Waals surface area contributed by atoms with Crippen molar-refractivity contribution in [1.29, 1.82) is 5.26 Å². The van der Waals surface area contributed by atoms with Gasteiger partial charge in [0, 0.05) is 5.69 Å². The summed E-state index contributed by atoms with van der Waals surface area (Å²) in [5, 5.41) is 8.83. The zero-order valence-electron chi connectivity index (χ0n) is 7.50. The molecule has 3 nitrogen and oxygen atoms in total. The summed E-state index contributed by atoms with van der Waals surface area (Å²) < 4.78 is 0. The minimum absolute atomic E-state index is 0.520. The summed E-state index contributed by atoms with van der Waals surface area (Å²) >= 11 is 0. The second kappa shape index (κ2) is 2.90. The Morgan fingerprint density at radius 3 is 2.58 bits per heavy atom. The number of nitriles is 1. The molecular weight excluding hydrogens is 150 g/mol. The average Bonchev–Trinajstić information content (AvgIpc) is 2.05. The molecule has 0 fully saturated rings. The lowest BCUT2D eigenvalue weighted by Crippen LogP contribution is -2.16. The van der Waals surface area contributed by atoms with Crippen LogP contribution in [0.1, 0.15) is 25.2 Å². The first-order chi connectivity index (χ1) is 5.56. The number of rotatable bonds is 1. The van der Waals surface area contributed by atoms with E-state index in [-0.39, 0.29) is 0 Å². The summed E-state index contributed by atoms with van der Waals surface area (Å²) in [5.41, 5.74) is 1.15. The fraction of sp³-hybridized carbons (Fsp3) is 0.444. The van der Waals surface area contributed by atoms with Crippen LogP contribution in [-0.4, -0.2) is 9.97 Å². The number of hydrogen-bond donors (Lipinski definition) is 0. The highest BCUT2D eigenvalue weighted by Crippen LogP contribution is 2.19. The molecule has 0 atom stereocenters. The van der Waals surface area contributed by atoms with Crippen molar-refractivity contribution in [2.75, 3.05) is 0 Å². The summed E-state index contributed by atoms with van der Waals surface area (Å²) in [7, 11) is 0. The first kappa shape index (κ1) is 8.66. The minimum atomic E-state index is -0.520. The van der Waals surface area contributed by atoms with E-state index in [2.05, 4.69) is 16.0 Å². The fourth-order valence-corrected chi connectivity index (χ4v) is 0.854. The van der Waals surface area contributed by atoms with Crippen molar-refractivity contribution in [3.05, 3.63) is 23.8 Å². The Hall–Kier alpha value is -1.43. The zero-order chi connectivity index (χ0) is 9.19. The quantitative estimate of drug-likeness (QED) is 0.628. The molecule has 0 amide bonds. The SMILES string of the molecule is Cc1cc(C(C)(C)C#N)ncn1. The summed E-state index contributed by atoms with van der Waals surface area (Å²) in [6.45, 7) is 5.57. The molecule has 1 rings (SSSR count). The van der Waals surface area contributed by atoms with Crippen LogP contribution >= 0.6 is 0 Å². The molecule has 0 aliphatic heterocycles. The van der Waals surface area contributed by atoms with Gasteiger partial charge in [0.05, 0.1) is 17.2 Å². The summed E-state index contributed by atoms with van der Waals surface area (Å²) in [6, 6.07) is 4.03. The molecule has 0 aliphatic carbocycles. The first-order valence-electron chi connectivity index (χ1n) is 3.76. The number of aryl methyl sites for hydroxylation is 1. The van der Waals surface area contributed by atoms with Gasteiger partial charge in [0.1, 0.15) is 6.33 Å². The van der Waals surface area contributed by atoms with Crippen molar-refractivity contribution in [3.8, 4) is 6.07 Å². The van der Waals surface area contributed by atoms with Crippen LogP contribution in [-0.2, 0) is 5.41 Å². The lowest BCUT2D eigenvalue weighted by Gasteiger charge is -2.13. The second-order valence-corrected chi connectivity index (χ2v) is 3.28. The summed E-state index contributed by atoms with van der Waals surface area (Å²) in [4.78, 5) is 8.02. The van der Waals surface area contributed by atoms with Gasteiger partial charge in [-0.1, -0.05) is 0 Å². The molecule has 0 bridgehead atoms. The van der Waals surface area contributed by atoms with E-state index in [1.54, 1.807) is 0 Å². The van der Waals surface area contributed by atoms with Crippen LogP contribution in [0.2, 0.25) is 0 Å². The Kier molecular flexibility index (Phi) is 2.09. The maximum absolute atomic E-state index is 8.83. The van der Waals surface area contributed by atoms with E-state index in [1.807, 2.05) is 26.8 Å². The molecule has 12 heavy (non-hydrogen) atoms. The van der Waals surface area contributed by atoms with Gasteiger partial charge in [0.15, 0.2) is 0 Å². The molecule has 1 heterocycles. The van der Waals surface area contributed by atoms with Gasteiger partial charge in [-0.25, -0.2) is 9.97 Å². The molecule has 0 saturated heterocycles. The van der Waals surface area contributed by atoms with Crippen molar-refractivity contribution in [2.45, 2.75) is 26.2 Å². The second-order valence-electron chi connectivity index (χ2n) is 3.28. The minimum Gasteiger partial charge on any atom is -0.242 e. The predicted molar refractivity (Wildman–Crippen MR) is 45.4 cm³/mol. The van der Waals surface area contributed by atoms with E-state index in [4.69, 9.17) is 5.26 Å². The number of aromatic nitrogens is 2. The van der Waals surface area contributed by atoms with E-state index in [0.29, 0.717) is 0 Å². The smallest absolute Gasteiger partial charge is 0.115 e. The summed E-state index contributed by atoms with van der Waals surface area (Å²) in [6.07, 6.45) is 1.49. The molecule has 62 valence electrons. The van der Waals surface area contributed by atoms with Gasteiger partial charge in [-0.05, 0) is 26.8 Å². The Bertz CT molecular complexity index is 323. The molecule has 0 radical (unpaired) electrons. The Morgan fingerprint density at radius 2 is 2.08 bits per heavy atom. The molecule has 1 aromatic rings. The van der Waals surface area contributed by atoms with Gasteiger partial charge in [0.2, 0.25) is 0 Å². The molecule has 0 unspecified atom stereocenters. The van der Waals surface area contributed by atoms with Crippen molar-refractivity contribution in [3.63, 3.8) is 0 Å². The monoisotopic (exact) mass is 161 g/mol. The molecular formula is C9H11N3. The largest absolute Gasteiger partial charge is 0.242 e. The van der Waals surface area contributed by atoms with Gasteiger partial charge in [0.25, 0.3) is 0 Å². The third kappa shape index (κ3) is 1.59. The van der Waals surface area contributed by atoms with Crippen molar-refractivity contribution >= 4 is 0 Å². The van der Waals surface area contributed by atoms with Crippen LogP contribution in [0.4, 0.5) is 0 Å². The van der Waals surface area contributed by atoms with Gasteiger partial charge in [-0.15, -0.1) is 0 Å². The van der Waals surface area contributed by atoms with Crippen molar-refractivity contribution < 1.29 is 0 Å². The zero-order valence-corrected chi connectivity index (χ0v) is 7.50. The Balaban J connectivity index is 3.14. The normalized spacial score (nSPS) is 10.8. The summed E-state index contributed by atoms with van der Waals surface area (Å²) in [5.74, 6) is 0. The number of hydrogen-bond acceptors (Lipinski definition) is 3. The molecule has 1 aromatic heterocycles. The van der Waals surface area contributed by atoms with Crippen LogP contribution < -0.4 is 0 Å². The molecule has 3 heteroatoms. The fourth-order valence-electron chi connectivity index (χ4n) is 0.854. The van der Waals surface area contributed by atoms with Crippen LogP contribution in [0.3, 0.4) is 0 Å². The average molecular weight is 161 g/mol. The van der Waals surface area contributed by atoms with Crippen molar-refractivity contribution in [1.82, 2.24) is 9.97 Å². The highest BCUT2D eigenvalue weighted by molar-refractivity contribution is 5.23. The predicted octanol–water partition coefficient (Wildman–Crippen LogP) is 1.59.